The number of hydrogen-bond acceptors (Lipinski definition) is 2. The summed E-state index contributed by atoms with van der Waals surface area (Å²) in [5.74, 6) is 0.770. The smallest absolute Gasteiger partial charge is 0.127 e. The van der Waals surface area contributed by atoms with Crippen molar-refractivity contribution < 1.29 is 9.84 Å². The first-order valence-corrected chi connectivity index (χ1v) is 17.0. The molecule has 49 heavy (non-hydrogen) atoms. The third kappa shape index (κ3) is 5.09. The maximum absolute atomic E-state index is 9.58. The predicted molar refractivity (Wildman–Crippen MR) is 204 cm³/mol. The van der Waals surface area contributed by atoms with Gasteiger partial charge in [0.25, 0.3) is 0 Å². The lowest BCUT2D eigenvalue weighted by Crippen LogP contribution is -2.03. The van der Waals surface area contributed by atoms with Crippen LogP contribution < -0.4 is 4.74 Å². The molecule has 1 aliphatic carbocycles. The number of fused-ring (bicyclic) bond motifs is 5. The Bertz CT molecular complexity index is 2500. The van der Waals surface area contributed by atoms with Crippen LogP contribution in [0.15, 0.2) is 164 Å². The molecular formula is C47H34O2. The molecule has 0 amide bonds. The maximum atomic E-state index is 9.58. The van der Waals surface area contributed by atoms with Gasteiger partial charge >= 0.3 is 0 Å². The summed E-state index contributed by atoms with van der Waals surface area (Å²) < 4.78 is 6.08. The van der Waals surface area contributed by atoms with Crippen molar-refractivity contribution in [3.63, 3.8) is 0 Å². The van der Waals surface area contributed by atoms with Crippen molar-refractivity contribution in [2.24, 2.45) is 0 Å². The van der Waals surface area contributed by atoms with E-state index >= 15 is 0 Å². The lowest BCUT2D eigenvalue weighted by Gasteiger charge is -2.19. The molecule has 0 saturated heterocycles. The van der Waals surface area contributed by atoms with Crippen LogP contribution in [0.25, 0.3) is 77.2 Å². The van der Waals surface area contributed by atoms with Crippen molar-refractivity contribution in [1.29, 1.82) is 0 Å². The average molecular weight is 631 g/mol. The molecule has 0 aliphatic heterocycles. The molecule has 0 saturated carbocycles. The van der Waals surface area contributed by atoms with Crippen LogP contribution in [0.2, 0.25) is 0 Å². The van der Waals surface area contributed by atoms with E-state index in [0.717, 1.165) is 28.9 Å². The fraction of sp³-hybridized carbons (Fsp3) is 0.0638. The van der Waals surface area contributed by atoms with Crippen molar-refractivity contribution in [3.8, 4) is 61.4 Å². The molecule has 8 aromatic carbocycles. The zero-order chi connectivity index (χ0) is 32.7. The minimum absolute atomic E-state index is 0.0353. The summed E-state index contributed by atoms with van der Waals surface area (Å²) in [4.78, 5) is 0. The van der Waals surface area contributed by atoms with E-state index in [1.165, 1.54) is 71.6 Å². The van der Waals surface area contributed by atoms with Crippen molar-refractivity contribution >= 4 is 21.5 Å². The molecule has 9 rings (SSSR count). The minimum Gasteiger partial charge on any atom is -0.491 e. The van der Waals surface area contributed by atoms with E-state index in [1.54, 1.807) is 0 Å². The molecule has 0 unspecified atom stereocenters. The molecule has 234 valence electrons. The topological polar surface area (TPSA) is 29.5 Å². The van der Waals surface area contributed by atoms with Crippen LogP contribution in [0, 0.1) is 0 Å². The first-order chi connectivity index (χ1) is 24.3. The molecule has 0 bridgehead atoms. The molecule has 2 nitrogen and oxygen atoms in total. The normalized spacial score (nSPS) is 11.9. The van der Waals surface area contributed by atoms with Gasteiger partial charge in [-0.2, -0.15) is 0 Å². The molecule has 0 aromatic heterocycles. The average Bonchev–Trinajstić information content (AvgIpc) is 3.54. The van der Waals surface area contributed by atoms with E-state index in [9.17, 15) is 5.11 Å². The predicted octanol–water partition coefficient (Wildman–Crippen LogP) is 11.6. The van der Waals surface area contributed by atoms with Crippen LogP contribution in [0.5, 0.6) is 5.75 Å². The molecule has 0 fully saturated rings. The molecule has 1 N–H and O–H groups in total. The molecule has 0 heterocycles. The summed E-state index contributed by atoms with van der Waals surface area (Å²) in [7, 11) is 0. The van der Waals surface area contributed by atoms with Gasteiger partial charge in [0.05, 0.1) is 6.61 Å². The summed E-state index contributed by atoms with van der Waals surface area (Å²) in [6, 6.07) is 59.1. The lowest BCUT2D eigenvalue weighted by molar-refractivity contribution is 0.202. The van der Waals surface area contributed by atoms with Gasteiger partial charge in [-0.05, 0) is 101 Å². The number of hydrogen-bond donors (Lipinski definition) is 1. The summed E-state index contributed by atoms with van der Waals surface area (Å²) in [6.45, 7) is 0.210. The van der Waals surface area contributed by atoms with E-state index < -0.39 is 0 Å². The third-order valence-corrected chi connectivity index (χ3v) is 9.96. The highest BCUT2D eigenvalue weighted by molar-refractivity contribution is 6.04. The molecule has 8 aromatic rings. The van der Waals surface area contributed by atoms with Gasteiger partial charge in [-0.25, -0.2) is 0 Å². The van der Waals surface area contributed by atoms with Gasteiger partial charge in [-0.15, -0.1) is 0 Å². The Hall–Kier alpha value is -5.96. The lowest BCUT2D eigenvalue weighted by atomic mass is 9.85. The molecule has 0 spiro atoms. The Morgan fingerprint density at radius 3 is 1.86 bits per heavy atom. The number of aliphatic hydroxyl groups excluding tert-OH is 1. The zero-order valence-corrected chi connectivity index (χ0v) is 27.1. The largest absolute Gasteiger partial charge is 0.491 e. The summed E-state index contributed by atoms with van der Waals surface area (Å²) in [5.41, 5.74) is 14.8. The van der Waals surface area contributed by atoms with E-state index in [1.807, 2.05) is 6.07 Å². The monoisotopic (exact) mass is 630 g/mol. The van der Waals surface area contributed by atoms with E-state index in [-0.39, 0.29) is 13.2 Å². The Morgan fingerprint density at radius 2 is 1.08 bits per heavy atom. The van der Waals surface area contributed by atoms with Gasteiger partial charge in [-0.3, -0.25) is 0 Å². The van der Waals surface area contributed by atoms with Crippen LogP contribution >= 0.6 is 0 Å². The highest BCUT2D eigenvalue weighted by Gasteiger charge is 2.26. The quantitative estimate of drug-likeness (QED) is 0.190. The minimum atomic E-state index is -0.0353. The standard InChI is InChI=1S/C47H34O2/c48-26-27-49-46-25-21-35(29-44(46)33-10-2-1-3-11-33)47-43(41-19-9-15-32-13-5-7-17-38(32)41)24-23-42-40-22-20-34(28-36(40)30-45(42)47)39-18-8-14-31-12-4-6-16-37(31)39/h1-25,28-29,48H,26-27,30H2. The molecule has 0 radical (unpaired) electrons. The van der Waals surface area contributed by atoms with Gasteiger partial charge in [0.1, 0.15) is 12.4 Å². The third-order valence-electron chi connectivity index (χ3n) is 9.96. The van der Waals surface area contributed by atoms with E-state index in [0.29, 0.717) is 0 Å². The highest BCUT2D eigenvalue weighted by atomic mass is 16.5. The van der Waals surface area contributed by atoms with Crippen molar-refractivity contribution in [2.45, 2.75) is 6.42 Å². The zero-order valence-electron chi connectivity index (χ0n) is 27.1. The van der Waals surface area contributed by atoms with Gasteiger partial charge in [0.15, 0.2) is 0 Å². The molecule has 0 atom stereocenters. The Labute approximate surface area is 286 Å². The van der Waals surface area contributed by atoms with Crippen molar-refractivity contribution in [2.75, 3.05) is 13.2 Å². The van der Waals surface area contributed by atoms with Gasteiger partial charge in [0.2, 0.25) is 0 Å². The second-order valence-electron chi connectivity index (χ2n) is 12.8. The number of benzene rings is 8. The van der Waals surface area contributed by atoms with Gasteiger partial charge in [-0.1, -0.05) is 152 Å². The van der Waals surface area contributed by atoms with Crippen LogP contribution in [-0.2, 0) is 6.42 Å². The fourth-order valence-electron chi connectivity index (χ4n) is 7.75. The van der Waals surface area contributed by atoms with Crippen LogP contribution in [0.1, 0.15) is 11.1 Å². The number of aliphatic hydroxyl groups is 1. The highest BCUT2D eigenvalue weighted by Crippen LogP contribution is 2.49. The first kappa shape index (κ1) is 29.2. The summed E-state index contributed by atoms with van der Waals surface area (Å²) in [5, 5.41) is 14.6. The maximum Gasteiger partial charge on any atom is 0.127 e. The number of ether oxygens (including phenoxy) is 1. The first-order valence-electron chi connectivity index (χ1n) is 17.0. The van der Waals surface area contributed by atoms with Gasteiger partial charge < -0.3 is 9.84 Å². The summed E-state index contributed by atoms with van der Waals surface area (Å²) >= 11 is 0. The molecule has 1 aliphatic rings. The van der Waals surface area contributed by atoms with E-state index in [4.69, 9.17) is 4.74 Å². The Morgan fingerprint density at radius 1 is 0.449 bits per heavy atom. The number of rotatable bonds is 7. The fourth-order valence-corrected chi connectivity index (χ4v) is 7.75. The Balaban J connectivity index is 1.26. The molecule has 2 heteroatoms. The SMILES string of the molecule is OCCOc1ccc(-c2c(-c3cccc4ccccc34)ccc3c2Cc2cc(-c4cccc5ccccc45)ccc2-3)cc1-c1ccccc1. The van der Waals surface area contributed by atoms with Gasteiger partial charge in [0, 0.05) is 5.56 Å². The molecular weight excluding hydrogens is 597 g/mol. The van der Waals surface area contributed by atoms with Crippen LogP contribution in [-0.4, -0.2) is 18.3 Å². The van der Waals surface area contributed by atoms with Crippen LogP contribution in [0.3, 0.4) is 0 Å². The second kappa shape index (κ2) is 12.2. The van der Waals surface area contributed by atoms with Crippen LogP contribution in [0.4, 0.5) is 0 Å². The summed E-state index contributed by atoms with van der Waals surface area (Å²) in [6.07, 6.45) is 0.848. The van der Waals surface area contributed by atoms with Crippen molar-refractivity contribution in [3.05, 3.63) is 175 Å². The Kier molecular flexibility index (Phi) is 7.30. The van der Waals surface area contributed by atoms with E-state index in [2.05, 4.69) is 158 Å². The van der Waals surface area contributed by atoms with Crippen molar-refractivity contribution in [1.82, 2.24) is 0 Å². The second-order valence-corrected chi connectivity index (χ2v) is 12.8.